The van der Waals surface area contributed by atoms with Crippen LogP contribution in [0.4, 0.5) is 0 Å². The topological polar surface area (TPSA) is 46.5 Å². The number of allylic oxidation sites excluding steroid dienone is 1. The van der Waals surface area contributed by atoms with Crippen LogP contribution in [-0.2, 0) is 9.53 Å². The van der Waals surface area contributed by atoms with Gasteiger partial charge in [0.1, 0.15) is 5.75 Å². The quantitative estimate of drug-likeness (QED) is 0.574. The van der Waals surface area contributed by atoms with E-state index >= 15 is 0 Å². The third kappa shape index (κ3) is 2.65. The second-order valence-corrected chi connectivity index (χ2v) is 11.1. The van der Waals surface area contributed by atoms with Crippen LogP contribution in [0.15, 0.2) is 48.1 Å². The maximum absolute atomic E-state index is 12.2. The van der Waals surface area contributed by atoms with Gasteiger partial charge >= 0.3 is 0 Å². The van der Waals surface area contributed by atoms with E-state index in [9.17, 15) is 9.90 Å². The van der Waals surface area contributed by atoms with Crippen molar-refractivity contribution in [3.63, 3.8) is 0 Å². The molecule has 4 aliphatic carbocycles. The Balaban J connectivity index is 1.47. The van der Waals surface area contributed by atoms with Crippen molar-refractivity contribution in [3.8, 4) is 5.75 Å². The molecule has 0 bridgehead atoms. The molecule has 5 aliphatic rings. The first kappa shape index (κ1) is 19.8. The number of phenolic OH excluding ortho intramolecular Hbond substituents is 1. The summed E-state index contributed by atoms with van der Waals surface area (Å²) in [5, 5.41) is 9.93. The zero-order valence-corrected chi connectivity index (χ0v) is 18.6. The molecule has 3 nitrogen and oxygen atoms in total. The Labute approximate surface area is 185 Å². The van der Waals surface area contributed by atoms with Crippen LogP contribution in [0.2, 0.25) is 0 Å². The molecule has 1 aliphatic heterocycles. The third-order valence-electron chi connectivity index (χ3n) is 10.1. The summed E-state index contributed by atoms with van der Waals surface area (Å²) in [7, 11) is 0. The van der Waals surface area contributed by atoms with E-state index in [1.807, 2.05) is 18.2 Å². The van der Waals surface area contributed by atoms with Crippen LogP contribution >= 0.6 is 0 Å². The Morgan fingerprint density at radius 1 is 1.06 bits per heavy atom. The summed E-state index contributed by atoms with van der Waals surface area (Å²) in [6.07, 6.45) is 10.4. The van der Waals surface area contributed by atoms with Crippen molar-refractivity contribution < 1.29 is 14.6 Å². The van der Waals surface area contributed by atoms with Gasteiger partial charge < -0.3 is 9.84 Å². The highest BCUT2D eigenvalue weighted by Crippen LogP contribution is 2.71. The summed E-state index contributed by atoms with van der Waals surface area (Å²) in [4.78, 5) is 12.2. The Morgan fingerprint density at radius 2 is 1.87 bits per heavy atom. The van der Waals surface area contributed by atoms with Crippen molar-refractivity contribution in [2.24, 2.45) is 29.1 Å². The molecule has 1 aromatic rings. The smallest absolute Gasteiger partial charge is 0.155 e. The van der Waals surface area contributed by atoms with Gasteiger partial charge in [-0.1, -0.05) is 31.2 Å². The lowest BCUT2D eigenvalue weighted by molar-refractivity contribution is -0.122. The lowest BCUT2D eigenvalue weighted by Gasteiger charge is -2.59. The van der Waals surface area contributed by atoms with Gasteiger partial charge in [0.25, 0.3) is 0 Å². The standard InChI is InChI=1S/C28H34O3/c1-17-12-14-31-28(17)13-11-25-23-9-5-19-15-21(30)8-10-22(19)26(23)24(16-27(25,28)2)18-3-6-20(29)7-4-18/h3-4,6-7,15,22-26,29H,1,5,8-14,16H2,2H3/t22-,23-,24+,25-,26+,27-,28-/m0/s1. The van der Waals surface area contributed by atoms with Crippen LogP contribution < -0.4 is 0 Å². The van der Waals surface area contributed by atoms with Gasteiger partial charge in [-0.05, 0) is 104 Å². The fourth-order valence-corrected chi connectivity index (χ4v) is 8.83. The van der Waals surface area contributed by atoms with Crippen molar-refractivity contribution in [3.05, 3.63) is 53.6 Å². The molecule has 0 unspecified atom stereocenters. The summed E-state index contributed by atoms with van der Waals surface area (Å²) in [5.41, 5.74) is 4.03. The van der Waals surface area contributed by atoms with E-state index in [1.54, 1.807) is 0 Å². The molecule has 0 aromatic heterocycles. The molecule has 7 atom stereocenters. The van der Waals surface area contributed by atoms with E-state index in [4.69, 9.17) is 4.74 Å². The summed E-state index contributed by atoms with van der Waals surface area (Å²) >= 11 is 0. The van der Waals surface area contributed by atoms with Gasteiger partial charge in [-0.25, -0.2) is 0 Å². The average Bonchev–Trinajstić information content (AvgIpc) is 3.28. The fraction of sp³-hybridized carbons (Fsp3) is 0.607. The summed E-state index contributed by atoms with van der Waals surface area (Å²) in [6, 6.07) is 7.97. The first-order valence-corrected chi connectivity index (χ1v) is 12.3. The van der Waals surface area contributed by atoms with Gasteiger partial charge in [-0.15, -0.1) is 0 Å². The minimum atomic E-state index is -0.156. The molecule has 31 heavy (non-hydrogen) atoms. The predicted molar refractivity (Wildman–Crippen MR) is 121 cm³/mol. The SMILES string of the molecule is C=C1CCO[C@@]12CC[C@H]1[C@@H]3CCC4=CC(=O)CC[C@@H]4[C@H]3[C@@H](c3ccc(O)cc3)C[C@@]12C. The number of ether oxygens (including phenoxy) is 1. The Morgan fingerprint density at radius 3 is 2.61 bits per heavy atom. The number of aromatic hydroxyl groups is 1. The van der Waals surface area contributed by atoms with E-state index in [2.05, 4.69) is 25.6 Å². The highest BCUT2D eigenvalue weighted by Gasteiger charge is 2.67. The van der Waals surface area contributed by atoms with E-state index in [-0.39, 0.29) is 11.0 Å². The van der Waals surface area contributed by atoms with Crippen molar-refractivity contribution >= 4 is 5.78 Å². The molecule has 0 amide bonds. The maximum atomic E-state index is 12.2. The minimum Gasteiger partial charge on any atom is -0.508 e. The number of ketones is 1. The molecule has 164 valence electrons. The Hall–Kier alpha value is -1.87. The molecule has 6 rings (SSSR count). The van der Waals surface area contributed by atoms with Crippen LogP contribution in [0.5, 0.6) is 5.75 Å². The minimum absolute atomic E-state index is 0.107. The zero-order chi connectivity index (χ0) is 21.4. The van der Waals surface area contributed by atoms with Crippen molar-refractivity contribution in [2.45, 2.75) is 69.8 Å². The molecule has 1 N–H and O–H groups in total. The lowest BCUT2D eigenvalue weighted by Crippen LogP contribution is -2.55. The summed E-state index contributed by atoms with van der Waals surface area (Å²) in [5.74, 6) is 3.54. The number of carbonyl (C=O) groups is 1. The second-order valence-electron chi connectivity index (χ2n) is 11.1. The zero-order valence-electron chi connectivity index (χ0n) is 18.6. The number of hydrogen-bond acceptors (Lipinski definition) is 3. The number of rotatable bonds is 1. The molecular weight excluding hydrogens is 384 g/mol. The molecule has 1 saturated heterocycles. The van der Waals surface area contributed by atoms with E-state index in [0.717, 1.165) is 38.7 Å². The first-order valence-electron chi connectivity index (χ1n) is 12.3. The Bertz CT molecular complexity index is 959. The largest absolute Gasteiger partial charge is 0.508 e. The predicted octanol–water partition coefficient (Wildman–Crippen LogP) is 5.94. The van der Waals surface area contributed by atoms with E-state index < -0.39 is 0 Å². The normalized spacial score (nSPS) is 44.0. The molecule has 3 heteroatoms. The van der Waals surface area contributed by atoms with Gasteiger partial charge in [0.2, 0.25) is 0 Å². The molecular formula is C28H34O3. The molecule has 0 radical (unpaired) electrons. The summed E-state index contributed by atoms with van der Waals surface area (Å²) < 4.78 is 6.59. The fourth-order valence-electron chi connectivity index (χ4n) is 8.83. The first-order chi connectivity index (χ1) is 14.9. The van der Waals surface area contributed by atoms with Gasteiger partial charge in [-0.2, -0.15) is 0 Å². The van der Waals surface area contributed by atoms with E-state index in [1.165, 1.54) is 29.6 Å². The number of phenols is 1. The monoisotopic (exact) mass is 418 g/mol. The molecule has 4 fully saturated rings. The number of fused-ring (bicyclic) bond motifs is 6. The number of carbonyl (C=O) groups excluding carboxylic acids is 1. The van der Waals surface area contributed by atoms with Gasteiger partial charge in [0.15, 0.2) is 5.78 Å². The van der Waals surface area contributed by atoms with Crippen LogP contribution in [0, 0.1) is 29.1 Å². The van der Waals surface area contributed by atoms with Crippen molar-refractivity contribution in [1.82, 2.24) is 0 Å². The molecule has 3 saturated carbocycles. The molecule has 1 spiro atoms. The van der Waals surface area contributed by atoms with Crippen LogP contribution in [0.3, 0.4) is 0 Å². The van der Waals surface area contributed by atoms with Crippen LogP contribution in [0.25, 0.3) is 0 Å². The van der Waals surface area contributed by atoms with Gasteiger partial charge in [0.05, 0.1) is 12.2 Å². The van der Waals surface area contributed by atoms with Gasteiger partial charge in [0, 0.05) is 11.8 Å². The van der Waals surface area contributed by atoms with Crippen LogP contribution in [-0.4, -0.2) is 23.1 Å². The van der Waals surface area contributed by atoms with E-state index in [0.29, 0.717) is 47.5 Å². The highest BCUT2D eigenvalue weighted by atomic mass is 16.5. The number of hydrogen-bond donors (Lipinski definition) is 1. The average molecular weight is 419 g/mol. The van der Waals surface area contributed by atoms with Crippen molar-refractivity contribution in [1.29, 1.82) is 0 Å². The summed E-state index contributed by atoms with van der Waals surface area (Å²) in [6.45, 7) is 7.83. The third-order valence-corrected chi connectivity index (χ3v) is 10.1. The number of benzene rings is 1. The Kier molecular flexibility index (Phi) is 4.35. The van der Waals surface area contributed by atoms with Crippen LogP contribution in [0.1, 0.15) is 69.8 Å². The maximum Gasteiger partial charge on any atom is 0.155 e. The van der Waals surface area contributed by atoms with Gasteiger partial charge in [-0.3, -0.25) is 4.79 Å². The molecule has 1 heterocycles. The highest BCUT2D eigenvalue weighted by molar-refractivity contribution is 5.91. The lowest BCUT2D eigenvalue weighted by atomic mass is 9.46. The second kappa shape index (κ2) is 6.81. The van der Waals surface area contributed by atoms with Crippen molar-refractivity contribution in [2.75, 3.05) is 6.61 Å². The molecule has 1 aromatic carbocycles.